The van der Waals surface area contributed by atoms with Crippen molar-refractivity contribution in [1.82, 2.24) is 4.98 Å². The summed E-state index contributed by atoms with van der Waals surface area (Å²) in [6, 6.07) is 9.84. The minimum absolute atomic E-state index is 0.594. The zero-order valence-corrected chi connectivity index (χ0v) is 10.4. The van der Waals surface area contributed by atoms with E-state index in [0.29, 0.717) is 0 Å². The summed E-state index contributed by atoms with van der Waals surface area (Å²) in [7, 11) is 0. The van der Waals surface area contributed by atoms with Crippen molar-refractivity contribution < 1.29 is 5.11 Å². The zero-order chi connectivity index (χ0) is 12.4. The molecule has 0 saturated carbocycles. The average Bonchev–Trinajstić information content (AvgIpc) is 2.33. The van der Waals surface area contributed by atoms with Crippen LogP contribution in [0.15, 0.2) is 36.5 Å². The van der Waals surface area contributed by atoms with Gasteiger partial charge in [0.05, 0.1) is 0 Å². The Bertz CT molecular complexity index is 517. The van der Waals surface area contributed by atoms with E-state index >= 15 is 0 Å². The standard InChI is InChI=1S/C15H17NO/c1-10-5-4-6-14(12(10)3)15(17)13-8-7-11(2)16-9-13/h4-9,15,17H,1-3H3. The maximum atomic E-state index is 10.3. The summed E-state index contributed by atoms with van der Waals surface area (Å²) in [5.41, 5.74) is 5.09. The summed E-state index contributed by atoms with van der Waals surface area (Å²) in [6.07, 6.45) is 1.14. The molecule has 17 heavy (non-hydrogen) atoms. The number of aliphatic hydroxyl groups excluding tert-OH is 1. The second-order valence-corrected chi connectivity index (χ2v) is 4.42. The molecule has 0 bridgehead atoms. The first-order valence-electron chi connectivity index (χ1n) is 5.76. The fraction of sp³-hybridized carbons (Fsp3) is 0.267. The molecular weight excluding hydrogens is 210 g/mol. The molecule has 1 atom stereocenters. The number of nitrogens with zero attached hydrogens (tertiary/aromatic N) is 1. The highest BCUT2D eigenvalue weighted by molar-refractivity contribution is 5.38. The highest BCUT2D eigenvalue weighted by Gasteiger charge is 2.13. The van der Waals surface area contributed by atoms with Gasteiger partial charge in [-0.1, -0.05) is 24.3 Å². The van der Waals surface area contributed by atoms with E-state index in [-0.39, 0.29) is 0 Å². The maximum Gasteiger partial charge on any atom is 0.106 e. The monoisotopic (exact) mass is 227 g/mol. The summed E-state index contributed by atoms with van der Waals surface area (Å²) in [5, 5.41) is 10.3. The lowest BCUT2D eigenvalue weighted by molar-refractivity contribution is 0.219. The molecule has 1 aromatic heterocycles. The number of hydrogen-bond acceptors (Lipinski definition) is 2. The van der Waals surface area contributed by atoms with Crippen LogP contribution in [-0.2, 0) is 0 Å². The van der Waals surface area contributed by atoms with Crippen LogP contribution in [0.3, 0.4) is 0 Å². The van der Waals surface area contributed by atoms with Crippen LogP contribution >= 0.6 is 0 Å². The predicted octanol–water partition coefficient (Wildman–Crippen LogP) is 3.09. The molecule has 0 spiro atoms. The molecule has 2 rings (SSSR count). The maximum absolute atomic E-state index is 10.3. The third-order valence-corrected chi connectivity index (χ3v) is 3.19. The van der Waals surface area contributed by atoms with Crippen molar-refractivity contribution in [3.05, 3.63) is 64.5 Å². The number of aliphatic hydroxyl groups is 1. The fourth-order valence-corrected chi connectivity index (χ4v) is 1.89. The van der Waals surface area contributed by atoms with Crippen molar-refractivity contribution in [3.8, 4) is 0 Å². The minimum atomic E-state index is -0.594. The molecule has 0 radical (unpaired) electrons. The third-order valence-electron chi connectivity index (χ3n) is 3.19. The first kappa shape index (κ1) is 11.8. The normalized spacial score (nSPS) is 12.5. The van der Waals surface area contributed by atoms with Crippen molar-refractivity contribution in [3.63, 3.8) is 0 Å². The molecule has 88 valence electrons. The number of pyridine rings is 1. The Labute approximate surface area is 102 Å². The van der Waals surface area contributed by atoms with Crippen molar-refractivity contribution in [2.45, 2.75) is 26.9 Å². The Morgan fingerprint density at radius 1 is 1.06 bits per heavy atom. The zero-order valence-electron chi connectivity index (χ0n) is 10.4. The van der Waals surface area contributed by atoms with Crippen LogP contribution in [0.2, 0.25) is 0 Å². The molecule has 2 aromatic rings. The first-order chi connectivity index (χ1) is 8.09. The van der Waals surface area contributed by atoms with E-state index in [9.17, 15) is 5.11 Å². The van der Waals surface area contributed by atoms with Crippen molar-refractivity contribution in [2.75, 3.05) is 0 Å². The highest BCUT2D eigenvalue weighted by atomic mass is 16.3. The summed E-state index contributed by atoms with van der Waals surface area (Å²) in [4.78, 5) is 4.22. The van der Waals surface area contributed by atoms with E-state index < -0.39 is 6.10 Å². The van der Waals surface area contributed by atoms with Gasteiger partial charge < -0.3 is 5.11 Å². The van der Waals surface area contributed by atoms with Crippen LogP contribution in [-0.4, -0.2) is 10.1 Å². The van der Waals surface area contributed by atoms with Gasteiger partial charge >= 0.3 is 0 Å². The van der Waals surface area contributed by atoms with Gasteiger partial charge in [0.15, 0.2) is 0 Å². The molecule has 2 heteroatoms. The molecule has 1 unspecified atom stereocenters. The smallest absolute Gasteiger partial charge is 0.106 e. The summed E-state index contributed by atoms with van der Waals surface area (Å²) in [6.45, 7) is 6.03. The number of hydrogen-bond donors (Lipinski definition) is 1. The van der Waals surface area contributed by atoms with E-state index in [2.05, 4.69) is 18.0 Å². The SMILES string of the molecule is Cc1ccc(C(O)c2cccc(C)c2C)cn1. The van der Waals surface area contributed by atoms with E-state index in [4.69, 9.17) is 0 Å². The van der Waals surface area contributed by atoms with Crippen LogP contribution in [0.1, 0.15) is 34.1 Å². The molecule has 0 aliphatic heterocycles. The molecular formula is C15H17NO. The van der Waals surface area contributed by atoms with E-state index in [1.165, 1.54) is 5.56 Å². The lowest BCUT2D eigenvalue weighted by Gasteiger charge is -2.15. The van der Waals surface area contributed by atoms with Gasteiger partial charge in [0.1, 0.15) is 6.10 Å². The molecule has 1 aromatic carbocycles. The number of aromatic nitrogens is 1. The van der Waals surface area contributed by atoms with Crippen LogP contribution < -0.4 is 0 Å². The third kappa shape index (κ3) is 2.37. The quantitative estimate of drug-likeness (QED) is 0.855. The lowest BCUT2D eigenvalue weighted by Crippen LogP contribution is -2.03. The molecule has 2 nitrogen and oxygen atoms in total. The van der Waals surface area contributed by atoms with Crippen LogP contribution in [0.25, 0.3) is 0 Å². The van der Waals surface area contributed by atoms with E-state index in [1.54, 1.807) is 6.20 Å². The Hall–Kier alpha value is -1.67. The fourth-order valence-electron chi connectivity index (χ4n) is 1.89. The molecule has 0 amide bonds. The van der Waals surface area contributed by atoms with Gasteiger partial charge in [-0.3, -0.25) is 4.98 Å². The van der Waals surface area contributed by atoms with Crippen molar-refractivity contribution >= 4 is 0 Å². The molecule has 0 saturated heterocycles. The van der Waals surface area contributed by atoms with Crippen molar-refractivity contribution in [2.24, 2.45) is 0 Å². The summed E-state index contributed by atoms with van der Waals surface area (Å²) in [5.74, 6) is 0. The second-order valence-electron chi connectivity index (χ2n) is 4.42. The molecule has 1 N–H and O–H groups in total. The summed E-state index contributed by atoms with van der Waals surface area (Å²) >= 11 is 0. The number of aryl methyl sites for hydroxylation is 2. The Balaban J connectivity index is 2.40. The Morgan fingerprint density at radius 3 is 2.47 bits per heavy atom. The number of benzene rings is 1. The predicted molar refractivity (Wildman–Crippen MR) is 69.0 cm³/mol. The van der Waals surface area contributed by atoms with Crippen molar-refractivity contribution in [1.29, 1.82) is 0 Å². The minimum Gasteiger partial charge on any atom is -0.384 e. The van der Waals surface area contributed by atoms with E-state index in [0.717, 1.165) is 22.4 Å². The molecule has 1 heterocycles. The highest BCUT2D eigenvalue weighted by Crippen LogP contribution is 2.25. The van der Waals surface area contributed by atoms with Gasteiger partial charge in [0, 0.05) is 17.5 Å². The summed E-state index contributed by atoms with van der Waals surface area (Å²) < 4.78 is 0. The second kappa shape index (κ2) is 4.68. The molecule has 0 aliphatic carbocycles. The van der Waals surface area contributed by atoms with Crippen LogP contribution in [0.5, 0.6) is 0 Å². The Morgan fingerprint density at radius 2 is 1.82 bits per heavy atom. The van der Waals surface area contributed by atoms with Crippen LogP contribution in [0.4, 0.5) is 0 Å². The van der Waals surface area contributed by atoms with Gasteiger partial charge in [-0.25, -0.2) is 0 Å². The van der Waals surface area contributed by atoms with E-state index in [1.807, 2.05) is 38.1 Å². The van der Waals surface area contributed by atoms with Gasteiger partial charge in [-0.15, -0.1) is 0 Å². The van der Waals surface area contributed by atoms with Gasteiger partial charge in [-0.2, -0.15) is 0 Å². The number of rotatable bonds is 2. The lowest BCUT2D eigenvalue weighted by atomic mass is 9.95. The van der Waals surface area contributed by atoms with Gasteiger partial charge in [-0.05, 0) is 43.5 Å². The van der Waals surface area contributed by atoms with Gasteiger partial charge in [0.25, 0.3) is 0 Å². The Kier molecular flexibility index (Phi) is 3.25. The molecule has 0 aliphatic rings. The van der Waals surface area contributed by atoms with Gasteiger partial charge in [0.2, 0.25) is 0 Å². The van der Waals surface area contributed by atoms with Crippen LogP contribution in [0, 0.1) is 20.8 Å². The average molecular weight is 227 g/mol. The topological polar surface area (TPSA) is 33.1 Å². The largest absolute Gasteiger partial charge is 0.384 e. The molecule has 0 fully saturated rings. The first-order valence-corrected chi connectivity index (χ1v) is 5.76.